The lowest BCUT2D eigenvalue weighted by molar-refractivity contribution is -0.137. The molecule has 0 spiro atoms. The number of nitrogens with zero attached hydrogens (tertiary/aromatic N) is 1. The topological polar surface area (TPSA) is 92.4 Å². The highest BCUT2D eigenvalue weighted by Crippen LogP contribution is 2.25. The van der Waals surface area contributed by atoms with Crippen molar-refractivity contribution in [1.29, 1.82) is 0 Å². The fourth-order valence-electron chi connectivity index (χ4n) is 2.12. The highest BCUT2D eigenvalue weighted by atomic mass is 16.5. The predicted octanol–water partition coefficient (Wildman–Crippen LogP) is 2.50. The van der Waals surface area contributed by atoms with Gasteiger partial charge in [-0.2, -0.15) is 0 Å². The SMILES string of the molecule is CCc1onc(-c2ccccc2)c1C(=O)NCCCC(=O)O. The van der Waals surface area contributed by atoms with Crippen LogP contribution in [-0.4, -0.2) is 28.7 Å². The second-order valence-corrected chi connectivity index (χ2v) is 4.80. The van der Waals surface area contributed by atoms with E-state index < -0.39 is 5.97 Å². The van der Waals surface area contributed by atoms with Crippen LogP contribution in [0.15, 0.2) is 34.9 Å². The second-order valence-electron chi connectivity index (χ2n) is 4.80. The summed E-state index contributed by atoms with van der Waals surface area (Å²) in [6.07, 6.45) is 0.961. The molecule has 116 valence electrons. The van der Waals surface area contributed by atoms with E-state index in [0.717, 1.165) is 5.56 Å². The maximum atomic E-state index is 12.4. The molecule has 6 nitrogen and oxygen atoms in total. The number of nitrogens with one attached hydrogen (secondary N) is 1. The van der Waals surface area contributed by atoms with Gasteiger partial charge >= 0.3 is 5.97 Å². The van der Waals surface area contributed by atoms with Gasteiger partial charge < -0.3 is 14.9 Å². The number of hydrogen-bond acceptors (Lipinski definition) is 4. The van der Waals surface area contributed by atoms with E-state index in [1.165, 1.54) is 0 Å². The van der Waals surface area contributed by atoms with Crippen LogP contribution in [0.4, 0.5) is 0 Å². The highest BCUT2D eigenvalue weighted by Gasteiger charge is 2.22. The molecule has 0 bridgehead atoms. The van der Waals surface area contributed by atoms with Crippen LogP contribution in [0.2, 0.25) is 0 Å². The maximum absolute atomic E-state index is 12.4. The number of benzene rings is 1. The molecule has 2 aromatic rings. The van der Waals surface area contributed by atoms with Crippen molar-refractivity contribution in [2.24, 2.45) is 0 Å². The van der Waals surface area contributed by atoms with Crippen molar-refractivity contribution in [3.8, 4) is 11.3 Å². The summed E-state index contributed by atoms with van der Waals surface area (Å²) in [5.74, 6) is -0.643. The Hall–Kier alpha value is -2.63. The van der Waals surface area contributed by atoms with Gasteiger partial charge in [-0.25, -0.2) is 0 Å². The molecule has 0 saturated carbocycles. The number of hydrogen-bond donors (Lipinski definition) is 2. The van der Waals surface area contributed by atoms with Gasteiger partial charge in [0.25, 0.3) is 5.91 Å². The van der Waals surface area contributed by atoms with Gasteiger partial charge in [0.2, 0.25) is 0 Å². The molecule has 6 heteroatoms. The summed E-state index contributed by atoms with van der Waals surface area (Å²) in [6.45, 7) is 2.18. The van der Waals surface area contributed by atoms with E-state index in [-0.39, 0.29) is 12.3 Å². The Kier molecular flexibility index (Phi) is 5.30. The number of carbonyl (C=O) groups is 2. The third-order valence-corrected chi connectivity index (χ3v) is 3.21. The van der Waals surface area contributed by atoms with Crippen molar-refractivity contribution in [2.75, 3.05) is 6.54 Å². The molecule has 1 aromatic carbocycles. The van der Waals surface area contributed by atoms with Crippen LogP contribution in [0.25, 0.3) is 11.3 Å². The van der Waals surface area contributed by atoms with Gasteiger partial charge in [-0.3, -0.25) is 9.59 Å². The molecule has 0 aliphatic heterocycles. The first-order chi connectivity index (χ1) is 10.6. The van der Waals surface area contributed by atoms with E-state index in [1.54, 1.807) is 0 Å². The lowest BCUT2D eigenvalue weighted by Gasteiger charge is -2.05. The summed E-state index contributed by atoms with van der Waals surface area (Å²) < 4.78 is 5.26. The quantitative estimate of drug-likeness (QED) is 0.767. The Labute approximate surface area is 128 Å². The van der Waals surface area contributed by atoms with Gasteiger partial charge in [0.1, 0.15) is 17.0 Å². The summed E-state index contributed by atoms with van der Waals surface area (Å²) in [7, 11) is 0. The van der Waals surface area contributed by atoms with Crippen molar-refractivity contribution in [1.82, 2.24) is 10.5 Å². The second kappa shape index (κ2) is 7.40. The summed E-state index contributed by atoms with van der Waals surface area (Å²) in [6, 6.07) is 9.33. The summed E-state index contributed by atoms with van der Waals surface area (Å²) >= 11 is 0. The van der Waals surface area contributed by atoms with Crippen LogP contribution in [0.5, 0.6) is 0 Å². The molecule has 1 heterocycles. The third-order valence-electron chi connectivity index (χ3n) is 3.21. The Morgan fingerprint density at radius 1 is 1.27 bits per heavy atom. The molecule has 1 amide bonds. The number of aliphatic carboxylic acids is 1. The number of carboxylic acid groups (broad SMARTS) is 1. The van der Waals surface area contributed by atoms with E-state index >= 15 is 0 Å². The Balaban J connectivity index is 2.16. The van der Waals surface area contributed by atoms with E-state index in [2.05, 4.69) is 10.5 Å². The van der Waals surface area contributed by atoms with Crippen LogP contribution in [0, 0.1) is 0 Å². The number of aryl methyl sites for hydroxylation is 1. The lowest BCUT2D eigenvalue weighted by atomic mass is 10.0. The van der Waals surface area contributed by atoms with Gasteiger partial charge in [0, 0.05) is 24.9 Å². The van der Waals surface area contributed by atoms with Gasteiger partial charge in [-0.1, -0.05) is 42.4 Å². The largest absolute Gasteiger partial charge is 0.481 e. The van der Waals surface area contributed by atoms with E-state index in [1.807, 2.05) is 37.3 Å². The summed E-state index contributed by atoms with van der Waals surface area (Å²) in [5.41, 5.74) is 1.74. The molecular weight excluding hydrogens is 284 g/mol. The van der Waals surface area contributed by atoms with Gasteiger partial charge in [-0.15, -0.1) is 0 Å². The Morgan fingerprint density at radius 2 is 2.00 bits per heavy atom. The van der Waals surface area contributed by atoms with Crippen molar-refractivity contribution in [2.45, 2.75) is 26.2 Å². The van der Waals surface area contributed by atoms with Crippen LogP contribution >= 0.6 is 0 Å². The standard InChI is InChI=1S/C16H18N2O4/c1-2-12-14(16(21)17-10-6-9-13(19)20)15(18-22-12)11-7-4-3-5-8-11/h3-5,7-8H,2,6,9-10H2,1H3,(H,17,21)(H,19,20). The molecule has 1 aromatic heterocycles. The van der Waals surface area contributed by atoms with Gasteiger partial charge in [0.05, 0.1) is 0 Å². The zero-order chi connectivity index (χ0) is 15.9. The normalized spacial score (nSPS) is 10.4. The maximum Gasteiger partial charge on any atom is 0.303 e. The molecule has 0 saturated heterocycles. The van der Waals surface area contributed by atoms with Crippen LogP contribution in [0.3, 0.4) is 0 Å². The Morgan fingerprint density at radius 3 is 2.64 bits per heavy atom. The molecule has 2 N–H and O–H groups in total. The van der Waals surface area contributed by atoms with E-state index in [0.29, 0.717) is 36.4 Å². The average Bonchev–Trinajstić information content (AvgIpc) is 2.96. The first kappa shape index (κ1) is 15.8. The smallest absolute Gasteiger partial charge is 0.303 e. The summed E-state index contributed by atoms with van der Waals surface area (Å²) in [4.78, 5) is 22.8. The Bertz CT molecular complexity index is 649. The number of aromatic nitrogens is 1. The monoisotopic (exact) mass is 302 g/mol. The van der Waals surface area contributed by atoms with Crippen LogP contribution in [-0.2, 0) is 11.2 Å². The van der Waals surface area contributed by atoms with Crippen molar-refractivity contribution in [3.63, 3.8) is 0 Å². The van der Waals surface area contributed by atoms with Crippen molar-refractivity contribution in [3.05, 3.63) is 41.7 Å². The minimum Gasteiger partial charge on any atom is -0.481 e. The average molecular weight is 302 g/mol. The molecular formula is C16H18N2O4. The molecule has 22 heavy (non-hydrogen) atoms. The molecule has 0 aliphatic rings. The molecule has 0 radical (unpaired) electrons. The minimum atomic E-state index is -0.876. The van der Waals surface area contributed by atoms with E-state index in [4.69, 9.17) is 9.63 Å². The lowest BCUT2D eigenvalue weighted by Crippen LogP contribution is -2.26. The number of amides is 1. The first-order valence-corrected chi connectivity index (χ1v) is 7.17. The molecule has 2 rings (SSSR count). The zero-order valence-corrected chi connectivity index (χ0v) is 12.3. The highest BCUT2D eigenvalue weighted by molar-refractivity contribution is 6.00. The molecule has 0 atom stereocenters. The molecule has 0 fully saturated rings. The molecule has 0 aliphatic carbocycles. The number of carbonyl (C=O) groups excluding carboxylic acids is 1. The zero-order valence-electron chi connectivity index (χ0n) is 12.3. The number of rotatable bonds is 7. The summed E-state index contributed by atoms with van der Waals surface area (Å²) in [5, 5.41) is 15.3. The van der Waals surface area contributed by atoms with Crippen molar-refractivity contribution >= 4 is 11.9 Å². The van der Waals surface area contributed by atoms with E-state index in [9.17, 15) is 9.59 Å². The van der Waals surface area contributed by atoms with Gasteiger partial charge in [-0.05, 0) is 6.42 Å². The fraction of sp³-hybridized carbons (Fsp3) is 0.312. The fourth-order valence-corrected chi connectivity index (χ4v) is 2.12. The predicted molar refractivity (Wildman–Crippen MR) is 80.5 cm³/mol. The third kappa shape index (κ3) is 3.72. The van der Waals surface area contributed by atoms with Crippen LogP contribution < -0.4 is 5.32 Å². The minimum absolute atomic E-state index is 0.0239. The number of carboxylic acids is 1. The van der Waals surface area contributed by atoms with Gasteiger partial charge in [0.15, 0.2) is 0 Å². The molecule has 0 unspecified atom stereocenters. The van der Waals surface area contributed by atoms with Crippen molar-refractivity contribution < 1.29 is 19.2 Å². The first-order valence-electron chi connectivity index (χ1n) is 7.17. The van der Waals surface area contributed by atoms with Crippen LogP contribution in [0.1, 0.15) is 35.9 Å².